The first-order chi connectivity index (χ1) is 9.33. The highest BCUT2D eigenvalue weighted by Crippen LogP contribution is 2.18. The Kier molecular flexibility index (Phi) is 4.98. The number of benzene rings is 1. The molecule has 4 heteroatoms. The third kappa shape index (κ3) is 3.83. The molecule has 1 N–H and O–H groups in total. The summed E-state index contributed by atoms with van der Waals surface area (Å²) in [6, 6.07) is 8.08. The Hall–Kier alpha value is -1.81. The van der Waals surface area contributed by atoms with Crippen LogP contribution < -0.4 is 10.1 Å². The van der Waals surface area contributed by atoms with Crippen LogP contribution in [0, 0.1) is 0 Å². The Morgan fingerprint density at radius 2 is 2.16 bits per heavy atom. The average molecular weight is 259 g/mol. The number of ether oxygens (including phenoxy) is 1. The molecule has 1 aromatic carbocycles. The molecular formula is C15H21N3O. The second kappa shape index (κ2) is 6.95. The van der Waals surface area contributed by atoms with E-state index in [1.54, 1.807) is 7.11 Å². The summed E-state index contributed by atoms with van der Waals surface area (Å²) < 4.78 is 7.46. The molecule has 0 saturated heterocycles. The maximum absolute atomic E-state index is 5.36. The number of para-hydroxylation sites is 1. The van der Waals surface area contributed by atoms with E-state index in [2.05, 4.69) is 34.1 Å². The van der Waals surface area contributed by atoms with Gasteiger partial charge in [0.25, 0.3) is 0 Å². The molecule has 0 saturated carbocycles. The van der Waals surface area contributed by atoms with Crippen molar-refractivity contribution in [2.24, 2.45) is 0 Å². The normalized spacial score (nSPS) is 10.6. The average Bonchev–Trinajstić information content (AvgIpc) is 2.87. The molecule has 0 fully saturated rings. The van der Waals surface area contributed by atoms with E-state index >= 15 is 0 Å². The molecule has 0 spiro atoms. The van der Waals surface area contributed by atoms with E-state index in [-0.39, 0.29) is 0 Å². The van der Waals surface area contributed by atoms with Gasteiger partial charge in [0.05, 0.1) is 25.7 Å². The van der Waals surface area contributed by atoms with E-state index in [9.17, 15) is 0 Å². The molecule has 0 radical (unpaired) electrons. The van der Waals surface area contributed by atoms with Gasteiger partial charge in [0.15, 0.2) is 0 Å². The van der Waals surface area contributed by atoms with Crippen molar-refractivity contribution in [1.29, 1.82) is 0 Å². The summed E-state index contributed by atoms with van der Waals surface area (Å²) >= 11 is 0. The number of methoxy groups -OCH3 is 1. The predicted octanol–water partition coefficient (Wildman–Crippen LogP) is 2.09. The summed E-state index contributed by atoms with van der Waals surface area (Å²) in [5.41, 5.74) is 2.29. The van der Waals surface area contributed by atoms with Gasteiger partial charge in [-0.05, 0) is 12.6 Å². The van der Waals surface area contributed by atoms with Crippen LogP contribution in [0.1, 0.15) is 18.2 Å². The van der Waals surface area contributed by atoms with Crippen molar-refractivity contribution in [1.82, 2.24) is 14.9 Å². The van der Waals surface area contributed by atoms with Crippen LogP contribution in [0.2, 0.25) is 0 Å². The molecule has 0 aliphatic carbocycles. The molecule has 0 bridgehead atoms. The monoisotopic (exact) mass is 259 g/mol. The summed E-state index contributed by atoms with van der Waals surface area (Å²) in [4.78, 5) is 4.42. The molecule has 0 atom stereocenters. The van der Waals surface area contributed by atoms with Gasteiger partial charge in [0, 0.05) is 24.7 Å². The first-order valence-electron chi connectivity index (χ1n) is 6.66. The van der Waals surface area contributed by atoms with Crippen LogP contribution in [-0.4, -0.2) is 29.8 Å². The lowest BCUT2D eigenvalue weighted by Gasteiger charge is -2.08. The molecule has 1 aromatic heterocycles. The third-order valence-corrected chi connectivity index (χ3v) is 3.04. The van der Waals surface area contributed by atoms with Crippen molar-refractivity contribution < 1.29 is 4.74 Å². The molecule has 0 aliphatic heterocycles. The zero-order valence-electron chi connectivity index (χ0n) is 11.6. The maximum Gasteiger partial charge on any atom is 0.123 e. The lowest BCUT2D eigenvalue weighted by atomic mass is 10.2. The number of hydrogen-bond acceptors (Lipinski definition) is 3. The van der Waals surface area contributed by atoms with Gasteiger partial charge in [-0.15, -0.1) is 0 Å². The van der Waals surface area contributed by atoms with Gasteiger partial charge in [-0.2, -0.15) is 0 Å². The second-order valence-electron chi connectivity index (χ2n) is 4.45. The largest absolute Gasteiger partial charge is 0.496 e. The van der Waals surface area contributed by atoms with Crippen LogP contribution in [0.3, 0.4) is 0 Å². The minimum absolute atomic E-state index is 0.790. The Morgan fingerprint density at radius 3 is 2.95 bits per heavy atom. The van der Waals surface area contributed by atoms with E-state index in [1.165, 1.54) is 5.56 Å². The highest BCUT2D eigenvalue weighted by atomic mass is 16.5. The minimum atomic E-state index is 0.790. The number of nitrogens with one attached hydrogen (secondary N) is 1. The Morgan fingerprint density at radius 1 is 1.32 bits per heavy atom. The van der Waals surface area contributed by atoms with Crippen LogP contribution >= 0.6 is 0 Å². The number of imidazole rings is 1. The van der Waals surface area contributed by atoms with E-state index in [0.717, 1.165) is 37.5 Å². The molecule has 19 heavy (non-hydrogen) atoms. The topological polar surface area (TPSA) is 39.1 Å². The Balaban J connectivity index is 1.99. The van der Waals surface area contributed by atoms with Gasteiger partial charge in [-0.25, -0.2) is 4.98 Å². The Bertz CT molecular complexity index is 508. The van der Waals surface area contributed by atoms with Crippen LogP contribution in [0.4, 0.5) is 0 Å². The highest BCUT2D eigenvalue weighted by molar-refractivity contribution is 5.33. The van der Waals surface area contributed by atoms with Gasteiger partial charge in [0.2, 0.25) is 0 Å². The summed E-state index contributed by atoms with van der Waals surface area (Å²) in [7, 11) is 1.70. The predicted molar refractivity (Wildman–Crippen MR) is 76.6 cm³/mol. The molecule has 1 heterocycles. The van der Waals surface area contributed by atoms with Crippen LogP contribution in [0.5, 0.6) is 5.75 Å². The SMILES string of the molecule is CCNCCc1cn(Cc2ccccc2OC)cn1. The van der Waals surface area contributed by atoms with Crippen molar-refractivity contribution >= 4 is 0 Å². The summed E-state index contributed by atoms with van der Waals surface area (Å²) in [6.07, 6.45) is 4.95. The second-order valence-corrected chi connectivity index (χ2v) is 4.45. The summed E-state index contributed by atoms with van der Waals surface area (Å²) in [5, 5.41) is 3.30. The van der Waals surface area contributed by atoms with E-state index in [0.29, 0.717) is 0 Å². The molecule has 2 rings (SSSR count). The van der Waals surface area contributed by atoms with Crippen molar-refractivity contribution in [2.45, 2.75) is 19.9 Å². The lowest BCUT2D eigenvalue weighted by Crippen LogP contribution is -2.16. The van der Waals surface area contributed by atoms with Crippen LogP contribution in [0.15, 0.2) is 36.8 Å². The van der Waals surface area contributed by atoms with Gasteiger partial charge >= 0.3 is 0 Å². The fourth-order valence-corrected chi connectivity index (χ4v) is 2.05. The van der Waals surface area contributed by atoms with Crippen molar-refractivity contribution in [3.8, 4) is 5.75 Å². The van der Waals surface area contributed by atoms with Crippen molar-refractivity contribution in [2.75, 3.05) is 20.2 Å². The van der Waals surface area contributed by atoms with E-state index < -0.39 is 0 Å². The number of nitrogens with zero attached hydrogens (tertiary/aromatic N) is 2. The highest BCUT2D eigenvalue weighted by Gasteiger charge is 2.04. The number of aromatic nitrogens is 2. The third-order valence-electron chi connectivity index (χ3n) is 3.04. The van der Waals surface area contributed by atoms with Gasteiger partial charge in [0.1, 0.15) is 5.75 Å². The van der Waals surface area contributed by atoms with Crippen molar-refractivity contribution in [3.63, 3.8) is 0 Å². The Labute approximate surface area is 114 Å². The first-order valence-corrected chi connectivity index (χ1v) is 6.66. The molecule has 0 amide bonds. The minimum Gasteiger partial charge on any atom is -0.496 e. The quantitative estimate of drug-likeness (QED) is 0.774. The van der Waals surface area contributed by atoms with Gasteiger partial charge < -0.3 is 14.6 Å². The smallest absolute Gasteiger partial charge is 0.123 e. The standard InChI is InChI=1S/C15H21N3O/c1-3-16-9-8-14-11-18(12-17-14)10-13-6-4-5-7-15(13)19-2/h4-7,11-12,16H,3,8-10H2,1-2H3. The van der Waals surface area contributed by atoms with Crippen LogP contribution in [0.25, 0.3) is 0 Å². The molecule has 0 aliphatic rings. The molecule has 2 aromatic rings. The van der Waals surface area contributed by atoms with Gasteiger partial charge in [-0.3, -0.25) is 0 Å². The summed E-state index contributed by atoms with van der Waals surface area (Å²) in [6.45, 7) is 4.88. The summed E-state index contributed by atoms with van der Waals surface area (Å²) in [5.74, 6) is 0.922. The maximum atomic E-state index is 5.36. The molecule has 102 valence electrons. The lowest BCUT2D eigenvalue weighted by molar-refractivity contribution is 0.408. The molecule has 0 unspecified atom stereocenters. The fourth-order valence-electron chi connectivity index (χ4n) is 2.05. The number of rotatable bonds is 7. The number of likely N-dealkylation sites (N-methyl/N-ethyl adjacent to an activating group) is 1. The number of hydrogen-bond donors (Lipinski definition) is 1. The van der Waals surface area contributed by atoms with Crippen molar-refractivity contribution in [3.05, 3.63) is 48.0 Å². The first kappa shape index (κ1) is 13.6. The molecule has 4 nitrogen and oxygen atoms in total. The fraction of sp³-hybridized carbons (Fsp3) is 0.400. The zero-order valence-corrected chi connectivity index (χ0v) is 11.6. The molecular weight excluding hydrogens is 238 g/mol. The van der Waals surface area contributed by atoms with E-state index in [4.69, 9.17) is 4.74 Å². The van der Waals surface area contributed by atoms with Gasteiger partial charge in [-0.1, -0.05) is 25.1 Å². The van der Waals surface area contributed by atoms with E-state index in [1.807, 2.05) is 24.5 Å². The zero-order chi connectivity index (χ0) is 13.5. The van der Waals surface area contributed by atoms with Crippen LogP contribution in [-0.2, 0) is 13.0 Å².